The Kier molecular flexibility index (Phi) is 4.55. The van der Waals surface area contributed by atoms with Crippen molar-refractivity contribution in [2.24, 2.45) is 0 Å². The monoisotopic (exact) mass is 265 g/mol. The van der Waals surface area contributed by atoms with Gasteiger partial charge in [-0.15, -0.1) is 0 Å². The van der Waals surface area contributed by atoms with E-state index in [1.807, 2.05) is 14.0 Å². The number of hydrazine groups is 1. The number of nitrogens with one attached hydrogen (secondary N) is 2. The predicted molar refractivity (Wildman–Crippen MR) is 76.4 cm³/mol. The molecule has 1 aliphatic heterocycles. The van der Waals surface area contributed by atoms with E-state index in [0.717, 1.165) is 49.3 Å². The van der Waals surface area contributed by atoms with Gasteiger partial charge in [0.1, 0.15) is 17.5 Å². The van der Waals surface area contributed by atoms with E-state index in [0.29, 0.717) is 5.92 Å². The Morgan fingerprint density at radius 3 is 2.37 bits per heavy atom. The summed E-state index contributed by atoms with van der Waals surface area (Å²) in [4.78, 5) is 9.17. The number of rotatable bonds is 4. The van der Waals surface area contributed by atoms with Crippen LogP contribution in [0.25, 0.3) is 0 Å². The van der Waals surface area contributed by atoms with Gasteiger partial charge < -0.3 is 15.5 Å². The molecule has 0 aliphatic carbocycles. The molecule has 1 aromatic rings. The molecule has 6 nitrogen and oxygen atoms in total. The highest BCUT2D eigenvalue weighted by Gasteiger charge is 2.16. The van der Waals surface area contributed by atoms with Crippen molar-refractivity contribution in [2.45, 2.75) is 26.7 Å². The average Bonchev–Trinajstić information content (AvgIpc) is 2.42. The first kappa shape index (κ1) is 14.0. The van der Waals surface area contributed by atoms with Crippen LogP contribution in [0.5, 0.6) is 0 Å². The third kappa shape index (κ3) is 3.33. The fourth-order valence-corrected chi connectivity index (χ4v) is 1.97. The molecule has 1 aromatic heterocycles. The van der Waals surface area contributed by atoms with Crippen molar-refractivity contribution < 1.29 is 4.74 Å². The molecule has 0 saturated carbocycles. The van der Waals surface area contributed by atoms with Crippen LogP contribution >= 0.6 is 0 Å². The second-order valence-electron chi connectivity index (χ2n) is 5.02. The highest BCUT2D eigenvalue weighted by molar-refractivity contribution is 5.56. The van der Waals surface area contributed by atoms with Crippen LogP contribution in [-0.2, 0) is 4.74 Å². The zero-order valence-corrected chi connectivity index (χ0v) is 12.2. The maximum atomic E-state index is 5.35. The van der Waals surface area contributed by atoms with Crippen molar-refractivity contribution in [3.8, 4) is 0 Å². The van der Waals surface area contributed by atoms with Crippen LogP contribution in [0, 0.1) is 6.92 Å². The lowest BCUT2D eigenvalue weighted by atomic mass is 10.2. The van der Waals surface area contributed by atoms with Crippen LogP contribution in [0.2, 0.25) is 0 Å². The quantitative estimate of drug-likeness (QED) is 0.862. The van der Waals surface area contributed by atoms with Gasteiger partial charge in [0.05, 0.1) is 13.2 Å². The third-order valence-corrected chi connectivity index (χ3v) is 3.19. The fraction of sp³-hybridized carbons (Fsp3) is 0.692. The molecule has 0 unspecified atom stereocenters. The molecule has 0 spiro atoms. The Morgan fingerprint density at radius 2 is 1.79 bits per heavy atom. The summed E-state index contributed by atoms with van der Waals surface area (Å²) in [5.41, 5.74) is 4.42. The lowest BCUT2D eigenvalue weighted by molar-refractivity contribution is 0.0494. The Labute approximate surface area is 114 Å². The highest BCUT2D eigenvalue weighted by Crippen LogP contribution is 2.23. The van der Waals surface area contributed by atoms with Crippen molar-refractivity contribution in [3.05, 3.63) is 11.4 Å². The molecular formula is C13H23N5O. The maximum absolute atomic E-state index is 5.35. The van der Waals surface area contributed by atoms with Gasteiger partial charge >= 0.3 is 0 Å². The molecule has 1 aliphatic rings. The minimum absolute atomic E-state index is 0.304. The van der Waals surface area contributed by atoms with Crippen molar-refractivity contribution in [2.75, 3.05) is 44.1 Å². The molecule has 0 aromatic carbocycles. The van der Waals surface area contributed by atoms with E-state index >= 15 is 0 Å². The Balaban J connectivity index is 2.24. The number of aromatic nitrogens is 2. The molecule has 2 heterocycles. The molecule has 6 heteroatoms. The first-order valence-corrected chi connectivity index (χ1v) is 6.77. The summed E-state index contributed by atoms with van der Waals surface area (Å²) in [6, 6.07) is 0. The van der Waals surface area contributed by atoms with Crippen LogP contribution in [0.15, 0.2) is 0 Å². The van der Waals surface area contributed by atoms with Crippen LogP contribution in [0.3, 0.4) is 0 Å². The number of morpholine rings is 1. The van der Waals surface area contributed by atoms with E-state index in [-0.39, 0.29) is 0 Å². The van der Waals surface area contributed by atoms with Gasteiger partial charge in [0, 0.05) is 31.6 Å². The molecule has 0 bridgehead atoms. The zero-order valence-electron chi connectivity index (χ0n) is 12.2. The number of ether oxygens (including phenoxy) is 1. The average molecular weight is 265 g/mol. The minimum Gasteiger partial charge on any atom is -0.379 e. The molecule has 106 valence electrons. The summed E-state index contributed by atoms with van der Waals surface area (Å²) in [6.07, 6.45) is 0. The van der Waals surface area contributed by atoms with E-state index in [9.17, 15) is 0 Å². The first-order valence-electron chi connectivity index (χ1n) is 6.77. The molecule has 19 heavy (non-hydrogen) atoms. The molecule has 0 radical (unpaired) electrons. The van der Waals surface area contributed by atoms with Gasteiger partial charge in [-0.2, -0.15) is 0 Å². The zero-order chi connectivity index (χ0) is 13.8. The summed E-state index contributed by atoms with van der Waals surface area (Å²) in [5.74, 6) is 2.92. The standard InChI is InChI=1S/C13H23N5O/c1-9(2)11-15-12(14-4)10(3)13(16-11)17-18-5-7-19-8-6-18/h9H,5-8H2,1-4H3,(H2,14,15,16,17). The summed E-state index contributed by atoms with van der Waals surface area (Å²) in [5, 5.41) is 5.28. The van der Waals surface area contributed by atoms with E-state index in [4.69, 9.17) is 4.74 Å². The van der Waals surface area contributed by atoms with Crippen LogP contribution in [0.1, 0.15) is 31.2 Å². The van der Waals surface area contributed by atoms with E-state index in [2.05, 4.69) is 39.6 Å². The van der Waals surface area contributed by atoms with E-state index < -0.39 is 0 Å². The Hall–Kier alpha value is -1.40. The summed E-state index contributed by atoms with van der Waals surface area (Å²) in [7, 11) is 1.89. The molecule has 1 saturated heterocycles. The van der Waals surface area contributed by atoms with Crippen molar-refractivity contribution >= 4 is 11.6 Å². The van der Waals surface area contributed by atoms with Crippen molar-refractivity contribution in [1.82, 2.24) is 15.0 Å². The molecule has 1 fully saturated rings. The van der Waals surface area contributed by atoms with Gasteiger partial charge in [-0.3, -0.25) is 0 Å². The van der Waals surface area contributed by atoms with Crippen LogP contribution in [0.4, 0.5) is 11.6 Å². The first-order chi connectivity index (χ1) is 9.11. The minimum atomic E-state index is 0.304. The topological polar surface area (TPSA) is 62.3 Å². The van der Waals surface area contributed by atoms with Gasteiger partial charge in [0.15, 0.2) is 0 Å². The molecular weight excluding hydrogens is 242 g/mol. The number of nitrogens with zero attached hydrogens (tertiary/aromatic N) is 3. The van der Waals surface area contributed by atoms with Crippen molar-refractivity contribution in [1.29, 1.82) is 0 Å². The SMILES string of the molecule is CNc1nc(C(C)C)nc(NN2CCOCC2)c1C. The molecule has 0 amide bonds. The van der Waals surface area contributed by atoms with E-state index in [1.165, 1.54) is 0 Å². The normalized spacial score (nSPS) is 16.7. The maximum Gasteiger partial charge on any atom is 0.149 e. The van der Waals surface area contributed by atoms with Crippen molar-refractivity contribution in [3.63, 3.8) is 0 Å². The third-order valence-electron chi connectivity index (χ3n) is 3.19. The lowest BCUT2D eigenvalue weighted by Crippen LogP contribution is -2.40. The van der Waals surface area contributed by atoms with Gasteiger partial charge in [-0.1, -0.05) is 13.8 Å². The molecule has 0 atom stereocenters. The Morgan fingerprint density at radius 1 is 1.16 bits per heavy atom. The van der Waals surface area contributed by atoms with Gasteiger partial charge in [-0.25, -0.2) is 15.0 Å². The van der Waals surface area contributed by atoms with Gasteiger partial charge in [0.25, 0.3) is 0 Å². The van der Waals surface area contributed by atoms with E-state index in [1.54, 1.807) is 0 Å². The lowest BCUT2D eigenvalue weighted by Gasteiger charge is -2.28. The summed E-state index contributed by atoms with van der Waals surface area (Å²) < 4.78 is 5.35. The van der Waals surface area contributed by atoms with Gasteiger partial charge in [0.2, 0.25) is 0 Å². The number of hydrogen-bond donors (Lipinski definition) is 2. The number of anilines is 2. The smallest absolute Gasteiger partial charge is 0.149 e. The molecule has 2 rings (SSSR count). The second-order valence-corrected chi connectivity index (χ2v) is 5.02. The largest absolute Gasteiger partial charge is 0.379 e. The fourth-order valence-electron chi connectivity index (χ4n) is 1.97. The summed E-state index contributed by atoms with van der Waals surface area (Å²) >= 11 is 0. The van der Waals surface area contributed by atoms with Gasteiger partial charge in [-0.05, 0) is 6.92 Å². The summed E-state index contributed by atoms with van der Waals surface area (Å²) in [6.45, 7) is 9.48. The highest BCUT2D eigenvalue weighted by atomic mass is 16.5. The second kappa shape index (κ2) is 6.16. The van der Waals surface area contributed by atoms with Crippen LogP contribution in [-0.4, -0.2) is 48.3 Å². The van der Waals surface area contributed by atoms with Crippen LogP contribution < -0.4 is 10.7 Å². The number of hydrogen-bond acceptors (Lipinski definition) is 6. The predicted octanol–water partition coefficient (Wildman–Crippen LogP) is 1.61. The molecule has 2 N–H and O–H groups in total. The Bertz CT molecular complexity index is 429.